The summed E-state index contributed by atoms with van der Waals surface area (Å²) in [6.07, 6.45) is 3.05. The van der Waals surface area contributed by atoms with Gasteiger partial charge in [0.05, 0.1) is 26.0 Å². The van der Waals surface area contributed by atoms with E-state index in [0.717, 1.165) is 5.56 Å². The van der Waals surface area contributed by atoms with Crippen LogP contribution in [0.5, 0.6) is 11.5 Å². The van der Waals surface area contributed by atoms with Gasteiger partial charge < -0.3 is 14.9 Å². The van der Waals surface area contributed by atoms with E-state index in [9.17, 15) is 15.0 Å². The summed E-state index contributed by atoms with van der Waals surface area (Å²) in [6.45, 7) is 0. The van der Waals surface area contributed by atoms with E-state index in [1.165, 1.54) is 19.4 Å². The molecule has 2 N–H and O–H groups in total. The second kappa shape index (κ2) is 7.74. The van der Waals surface area contributed by atoms with Crippen molar-refractivity contribution in [3.8, 4) is 11.5 Å². The molecule has 118 valence electrons. The third kappa shape index (κ3) is 4.96. The van der Waals surface area contributed by atoms with Crippen molar-refractivity contribution in [3.63, 3.8) is 0 Å². The molecule has 6 heteroatoms. The molecule has 0 saturated carbocycles. The normalized spacial score (nSPS) is 11.2. The summed E-state index contributed by atoms with van der Waals surface area (Å²) in [5.41, 5.74) is 1.96. The predicted molar refractivity (Wildman–Crippen MR) is 87.1 cm³/mol. The first-order valence-corrected chi connectivity index (χ1v) is 6.82. The van der Waals surface area contributed by atoms with Gasteiger partial charge in [-0.1, -0.05) is 0 Å². The Kier molecular flexibility index (Phi) is 5.46. The highest BCUT2D eigenvalue weighted by Crippen LogP contribution is 2.18. The van der Waals surface area contributed by atoms with Crippen LogP contribution in [-0.4, -0.2) is 35.7 Å². The molecule has 0 atom stereocenters. The molecule has 0 unspecified atom stereocenters. The van der Waals surface area contributed by atoms with Crippen LogP contribution in [0.25, 0.3) is 0 Å². The number of nitrogens with zero attached hydrogens (tertiary/aromatic N) is 2. The van der Waals surface area contributed by atoms with E-state index >= 15 is 0 Å². The Morgan fingerprint density at radius 3 is 2.30 bits per heavy atom. The summed E-state index contributed by atoms with van der Waals surface area (Å²) in [7, 11) is 1.29. The van der Waals surface area contributed by atoms with Crippen molar-refractivity contribution in [2.24, 2.45) is 10.2 Å². The molecular formula is C17H16N2O4. The van der Waals surface area contributed by atoms with Gasteiger partial charge in [0, 0.05) is 5.56 Å². The second-order valence-corrected chi connectivity index (χ2v) is 4.72. The topological polar surface area (TPSA) is 91.5 Å². The van der Waals surface area contributed by atoms with Crippen molar-refractivity contribution >= 4 is 18.4 Å². The Morgan fingerprint density at radius 2 is 1.65 bits per heavy atom. The van der Waals surface area contributed by atoms with Crippen LogP contribution in [0.2, 0.25) is 0 Å². The summed E-state index contributed by atoms with van der Waals surface area (Å²) in [5.74, 6) is -0.215. The Balaban J connectivity index is 2.05. The predicted octanol–water partition coefficient (Wildman–Crippen LogP) is 2.27. The molecule has 0 aliphatic carbocycles. The van der Waals surface area contributed by atoms with Gasteiger partial charge in [0.2, 0.25) is 0 Å². The molecule has 2 aromatic carbocycles. The zero-order chi connectivity index (χ0) is 16.7. The smallest absolute Gasteiger partial charge is 0.310 e. The molecule has 0 aliphatic rings. The summed E-state index contributed by atoms with van der Waals surface area (Å²) < 4.78 is 4.58. The van der Waals surface area contributed by atoms with Crippen LogP contribution < -0.4 is 0 Å². The largest absolute Gasteiger partial charge is 0.508 e. The molecule has 0 fully saturated rings. The maximum atomic E-state index is 11.3. The summed E-state index contributed by atoms with van der Waals surface area (Å²) >= 11 is 0. The van der Waals surface area contributed by atoms with E-state index in [-0.39, 0.29) is 17.9 Å². The number of esters is 1. The minimum absolute atomic E-state index is 0.0131. The van der Waals surface area contributed by atoms with Crippen LogP contribution in [0, 0.1) is 0 Å². The Labute approximate surface area is 133 Å². The van der Waals surface area contributed by atoms with Gasteiger partial charge in [-0.05, 0) is 53.6 Å². The number of hydrogen-bond donors (Lipinski definition) is 2. The highest BCUT2D eigenvalue weighted by Gasteiger charge is 2.08. The number of methoxy groups -OCH3 is 1. The van der Waals surface area contributed by atoms with Crippen molar-refractivity contribution in [3.05, 3.63) is 59.2 Å². The molecule has 0 heterocycles. The second-order valence-electron chi connectivity index (χ2n) is 4.72. The van der Waals surface area contributed by atoms with Crippen molar-refractivity contribution < 1.29 is 19.7 Å². The SMILES string of the molecule is COC(=O)Cc1cc(/C=N/N=C/c2ccc(O)cc2)ccc1O. The van der Waals surface area contributed by atoms with E-state index in [1.54, 1.807) is 42.6 Å². The number of phenols is 2. The van der Waals surface area contributed by atoms with Gasteiger partial charge in [0.15, 0.2) is 0 Å². The van der Waals surface area contributed by atoms with Crippen LogP contribution in [-0.2, 0) is 16.0 Å². The van der Waals surface area contributed by atoms with Gasteiger partial charge in [-0.2, -0.15) is 10.2 Å². The average molecular weight is 312 g/mol. The van der Waals surface area contributed by atoms with Crippen molar-refractivity contribution in [2.75, 3.05) is 7.11 Å². The standard InChI is InChI=1S/C17H16N2O4/c1-23-17(22)9-14-8-13(4-7-16(14)21)11-19-18-10-12-2-5-15(20)6-3-12/h2-8,10-11,20-21H,9H2,1H3/b18-10+,19-11+. The quantitative estimate of drug-likeness (QED) is 0.503. The molecule has 2 rings (SSSR count). The van der Waals surface area contributed by atoms with Gasteiger partial charge in [-0.3, -0.25) is 4.79 Å². The molecule has 0 aromatic heterocycles. The number of ether oxygens (including phenoxy) is 1. The van der Waals surface area contributed by atoms with E-state index in [2.05, 4.69) is 14.9 Å². The van der Waals surface area contributed by atoms with Crippen LogP contribution >= 0.6 is 0 Å². The van der Waals surface area contributed by atoms with E-state index in [0.29, 0.717) is 11.1 Å². The lowest BCUT2D eigenvalue weighted by atomic mass is 10.1. The third-order valence-corrected chi connectivity index (χ3v) is 3.04. The highest BCUT2D eigenvalue weighted by molar-refractivity contribution is 5.83. The maximum absolute atomic E-state index is 11.3. The number of benzene rings is 2. The lowest BCUT2D eigenvalue weighted by Crippen LogP contribution is -2.05. The molecule has 0 spiro atoms. The fourth-order valence-corrected chi connectivity index (χ4v) is 1.82. The van der Waals surface area contributed by atoms with Crippen LogP contribution in [0.4, 0.5) is 0 Å². The van der Waals surface area contributed by atoms with Crippen LogP contribution in [0.3, 0.4) is 0 Å². The van der Waals surface area contributed by atoms with Gasteiger partial charge in [0.25, 0.3) is 0 Å². The Bertz CT molecular complexity index is 737. The summed E-state index contributed by atoms with van der Waals surface area (Å²) in [5, 5.41) is 26.7. The minimum atomic E-state index is -0.431. The maximum Gasteiger partial charge on any atom is 0.310 e. The fraction of sp³-hybridized carbons (Fsp3) is 0.118. The lowest BCUT2D eigenvalue weighted by molar-refractivity contribution is -0.139. The van der Waals surface area contributed by atoms with Crippen molar-refractivity contribution in [1.82, 2.24) is 0 Å². The fourth-order valence-electron chi connectivity index (χ4n) is 1.82. The van der Waals surface area contributed by atoms with Gasteiger partial charge in [-0.15, -0.1) is 0 Å². The minimum Gasteiger partial charge on any atom is -0.508 e. The lowest BCUT2D eigenvalue weighted by Gasteiger charge is -2.04. The zero-order valence-corrected chi connectivity index (χ0v) is 12.5. The molecule has 0 amide bonds. The zero-order valence-electron chi connectivity index (χ0n) is 12.5. The molecule has 0 aliphatic heterocycles. The van der Waals surface area contributed by atoms with Crippen molar-refractivity contribution in [1.29, 1.82) is 0 Å². The first kappa shape index (κ1) is 16.2. The van der Waals surface area contributed by atoms with Gasteiger partial charge in [-0.25, -0.2) is 0 Å². The van der Waals surface area contributed by atoms with Crippen LogP contribution in [0.1, 0.15) is 16.7 Å². The first-order chi connectivity index (χ1) is 11.1. The van der Waals surface area contributed by atoms with Crippen LogP contribution in [0.15, 0.2) is 52.7 Å². The van der Waals surface area contributed by atoms with E-state index < -0.39 is 5.97 Å². The number of carbonyl (C=O) groups excluding carboxylic acids is 1. The molecule has 0 radical (unpaired) electrons. The average Bonchev–Trinajstić information content (AvgIpc) is 2.56. The Hall–Kier alpha value is -3.15. The Morgan fingerprint density at radius 1 is 1.04 bits per heavy atom. The first-order valence-electron chi connectivity index (χ1n) is 6.82. The number of aromatic hydroxyl groups is 2. The molecule has 23 heavy (non-hydrogen) atoms. The monoisotopic (exact) mass is 312 g/mol. The molecule has 0 bridgehead atoms. The molecular weight excluding hydrogens is 296 g/mol. The molecule has 6 nitrogen and oxygen atoms in total. The van der Waals surface area contributed by atoms with E-state index in [1.807, 2.05) is 0 Å². The van der Waals surface area contributed by atoms with Gasteiger partial charge >= 0.3 is 5.97 Å². The van der Waals surface area contributed by atoms with E-state index in [4.69, 9.17) is 0 Å². The number of rotatable bonds is 5. The summed E-state index contributed by atoms with van der Waals surface area (Å²) in [6, 6.07) is 11.3. The number of carbonyl (C=O) groups is 1. The highest BCUT2D eigenvalue weighted by atomic mass is 16.5. The molecule has 0 saturated heterocycles. The number of phenolic OH excluding ortho intramolecular Hbond substituents is 2. The summed E-state index contributed by atoms with van der Waals surface area (Å²) in [4.78, 5) is 11.3. The number of hydrogen-bond acceptors (Lipinski definition) is 6. The third-order valence-electron chi connectivity index (χ3n) is 3.04. The van der Waals surface area contributed by atoms with Gasteiger partial charge in [0.1, 0.15) is 11.5 Å². The van der Waals surface area contributed by atoms with Crippen molar-refractivity contribution in [2.45, 2.75) is 6.42 Å². The molecule has 2 aromatic rings.